The normalized spacial score (nSPS) is 13.6. The van der Waals surface area contributed by atoms with Crippen LogP contribution >= 0.6 is 11.3 Å². The van der Waals surface area contributed by atoms with E-state index in [4.69, 9.17) is 0 Å². The van der Waals surface area contributed by atoms with Crippen molar-refractivity contribution in [1.29, 1.82) is 0 Å². The Bertz CT molecular complexity index is 1060. The summed E-state index contributed by atoms with van der Waals surface area (Å²) >= 11 is 1.87. The lowest BCUT2D eigenvalue weighted by Crippen LogP contribution is -2.29. The van der Waals surface area contributed by atoms with Crippen molar-refractivity contribution in [3.05, 3.63) is 70.7 Å². The number of pyridine rings is 1. The molecule has 1 aromatic carbocycles. The highest BCUT2D eigenvalue weighted by molar-refractivity contribution is 7.10. The van der Waals surface area contributed by atoms with E-state index in [1.807, 2.05) is 23.5 Å². The average Bonchev–Trinajstić information content (AvgIpc) is 3.16. The zero-order valence-electron chi connectivity index (χ0n) is 14.1. The first kappa shape index (κ1) is 15.3. The molecule has 5 rings (SSSR count). The van der Waals surface area contributed by atoms with Crippen LogP contribution in [0.15, 0.2) is 60.2 Å². The first-order chi connectivity index (χ1) is 12.8. The lowest BCUT2D eigenvalue weighted by Gasteiger charge is -2.29. The number of rotatable bonds is 3. The third kappa shape index (κ3) is 2.88. The quantitative estimate of drug-likeness (QED) is 0.588. The molecule has 26 heavy (non-hydrogen) atoms. The third-order valence-electron chi connectivity index (χ3n) is 4.64. The highest BCUT2D eigenvalue weighted by atomic mass is 32.1. The number of nitrogens with zero attached hydrogens (tertiary/aromatic N) is 4. The first-order valence-electron chi connectivity index (χ1n) is 8.60. The highest BCUT2D eigenvalue weighted by Crippen LogP contribution is 2.29. The molecule has 128 valence electrons. The number of nitrogens with one attached hydrogen (secondary N) is 1. The Morgan fingerprint density at radius 1 is 0.962 bits per heavy atom. The molecule has 1 aliphatic rings. The summed E-state index contributed by atoms with van der Waals surface area (Å²) in [5.41, 5.74) is 5.17. The van der Waals surface area contributed by atoms with Crippen molar-refractivity contribution in [2.24, 2.45) is 0 Å². The van der Waals surface area contributed by atoms with Crippen molar-refractivity contribution in [2.75, 3.05) is 16.8 Å². The maximum absolute atomic E-state index is 4.51. The summed E-state index contributed by atoms with van der Waals surface area (Å²) in [5.74, 6) is 0.770. The molecular weight excluding hydrogens is 342 g/mol. The molecule has 6 heteroatoms. The number of fused-ring (bicyclic) bond motifs is 2. The van der Waals surface area contributed by atoms with Gasteiger partial charge in [0.15, 0.2) is 5.65 Å². The number of aromatic nitrogens is 3. The zero-order chi connectivity index (χ0) is 17.3. The van der Waals surface area contributed by atoms with E-state index in [-0.39, 0.29) is 0 Å². The molecule has 4 heterocycles. The van der Waals surface area contributed by atoms with Crippen LogP contribution in [-0.2, 0) is 13.0 Å². The number of anilines is 3. The van der Waals surface area contributed by atoms with Crippen LogP contribution in [0.1, 0.15) is 10.4 Å². The molecular formula is C20H17N5S. The Morgan fingerprint density at radius 2 is 1.85 bits per heavy atom. The summed E-state index contributed by atoms with van der Waals surface area (Å²) in [6.07, 6.45) is 4.47. The fourth-order valence-corrected chi connectivity index (χ4v) is 4.19. The molecule has 0 spiro atoms. The second-order valence-electron chi connectivity index (χ2n) is 6.31. The SMILES string of the molecule is c1cnc2nc(Nc3ccc(N4CCc5sccc5C4)cc3)ccc2n1. The van der Waals surface area contributed by atoms with Crippen LogP contribution < -0.4 is 10.2 Å². The van der Waals surface area contributed by atoms with Crippen molar-refractivity contribution < 1.29 is 0 Å². The minimum absolute atomic E-state index is 0.647. The van der Waals surface area contributed by atoms with Crippen LogP contribution in [0.25, 0.3) is 11.2 Å². The van der Waals surface area contributed by atoms with Crippen LogP contribution in [0.4, 0.5) is 17.2 Å². The molecule has 0 unspecified atom stereocenters. The summed E-state index contributed by atoms with van der Waals surface area (Å²) in [7, 11) is 0. The molecule has 0 atom stereocenters. The average molecular weight is 359 g/mol. The molecule has 4 aromatic rings. The van der Waals surface area contributed by atoms with E-state index in [0.29, 0.717) is 5.65 Å². The van der Waals surface area contributed by atoms with Gasteiger partial charge in [-0.25, -0.2) is 9.97 Å². The van der Waals surface area contributed by atoms with E-state index in [2.05, 4.69) is 60.9 Å². The monoisotopic (exact) mass is 359 g/mol. The maximum atomic E-state index is 4.51. The molecule has 1 aliphatic heterocycles. The fourth-order valence-electron chi connectivity index (χ4n) is 3.30. The number of hydrogen-bond donors (Lipinski definition) is 1. The lowest BCUT2D eigenvalue weighted by atomic mass is 10.1. The molecule has 0 bridgehead atoms. The summed E-state index contributed by atoms with van der Waals surface area (Å²) in [6, 6.07) is 14.6. The Hall–Kier alpha value is -2.99. The minimum Gasteiger partial charge on any atom is -0.367 e. The Morgan fingerprint density at radius 3 is 2.77 bits per heavy atom. The molecule has 0 amide bonds. The summed E-state index contributed by atoms with van der Waals surface area (Å²) in [5, 5.41) is 5.54. The predicted molar refractivity (Wildman–Crippen MR) is 106 cm³/mol. The lowest BCUT2D eigenvalue weighted by molar-refractivity contribution is 0.744. The topological polar surface area (TPSA) is 53.9 Å². The van der Waals surface area contributed by atoms with Crippen LogP contribution in [0, 0.1) is 0 Å². The Balaban J connectivity index is 1.33. The van der Waals surface area contributed by atoms with Gasteiger partial charge in [0.2, 0.25) is 0 Å². The largest absolute Gasteiger partial charge is 0.367 e. The second-order valence-corrected chi connectivity index (χ2v) is 7.31. The van der Waals surface area contributed by atoms with Crippen LogP contribution in [0.2, 0.25) is 0 Å². The molecule has 5 nitrogen and oxygen atoms in total. The molecule has 3 aromatic heterocycles. The fraction of sp³-hybridized carbons (Fsp3) is 0.150. The minimum atomic E-state index is 0.647. The Kier molecular flexibility index (Phi) is 3.75. The first-order valence-corrected chi connectivity index (χ1v) is 9.48. The van der Waals surface area contributed by atoms with E-state index in [1.165, 1.54) is 16.1 Å². The van der Waals surface area contributed by atoms with Crippen LogP contribution in [0.5, 0.6) is 0 Å². The number of benzene rings is 1. The zero-order valence-corrected chi connectivity index (χ0v) is 14.9. The standard InChI is InChI=1S/C20H17N5S/c1-3-16(25-11-7-18-14(13-25)8-12-26-18)4-2-15(1)23-19-6-5-17-20(24-19)22-10-9-21-17/h1-6,8-10,12H,7,11,13H2,(H,22,23,24). The van der Waals surface area contributed by atoms with Gasteiger partial charge >= 0.3 is 0 Å². The molecule has 0 fully saturated rings. The maximum Gasteiger partial charge on any atom is 0.180 e. The van der Waals surface area contributed by atoms with Crippen molar-refractivity contribution in [3.8, 4) is 0 Å². The smallest absolute Gasteiger partial charge is 0.180 e. The van der Waals surface area contributed by atoms with Gasteiger partial charge in [-0.3, -0.25) is 4.98 Å². The van der Waals surface area contributed by atoms with Gasteiger partial charge in [0.25, 0.3) is 0 Å². The van der Waals surface area contributed by atoms with Gasteiger partial charge in [-0.05, 0) is 59.8 Å². The van der Waals surface area contributed by atoms with E-state index in [0.717, 1.165) is 36.5 Å². The van der Waals surface area contributed by atoms with E-state index in [9.17, 15) is 0 Å². The molecule has 0 aliphatic carbocycles. The van der Waals surface area contributed by atoms with Gasteiger partial charge in [-0.2, -0.15) is 0 Å². The molecule has 0 saturated carbocycles. The van der Waals surface area contributed by atoms with Gasteiger partial charge in [0.05, 0.1) is 0 Å². The molecule has 1 N–H and O–H groups in total. The predicted octanol–water partition coefficient (Wildman–Crippen LogP) is 4.39. The molecule has 0 radical (unpaired) electrons. The van der Waals surface area contributed by atoms with Gasteiger partial charge in [0.1, 0.15) is 11.3 Å². The van der Waals surface area contributed by atoms with Gasteiger partial charge < -0.3 is 10.2 Å². The van der Waals surface area contributed by atoms with Crippen molar-refractivity contribution in [2.45, 2.75) is 13.0 Å². The van der Waals surface area contributed by atoms with Gasteiger partial charge in [-0.15, -0.1) is 11.3 Å². The number of thiophene rings is 1. The van der Waals surface area contributed by atoms with E-state index >= 15 is 0 Å². The second kappa shape index (κ2) is 6.38. The number of hydrogen-bond acceptors (Lipinski definition) is 6. The Labute approximate surface area is 155 Å². The van der Waals surface area contributed by atoms with Gasteiger partial charge in [0, 0.05) is 41.7 Å². The van der Waals surface area contributed by atoms with Gasteiger partial charge in [-0.1, -0.05) is 0 Å². The van der Waals surface area contributed by atoms with Crippen LogP contribution in [0.3, 0.4) is 0 Å². The highest BCUT2D eigenvalue weighted by Gasteiger charge is 2.17. The summed E-state index contributed by atoms with van der Waals surface area (Å²) in [4.78, 5) is 17.0. The van der Waals surface area contributed by atoms with E-state index < -0.39 is 0 Å². The molecule has 0 saturated heterocycles. The third-order valence-corrected chi connectivity index (χ3v) is 5.67. The van der Waals surface area contributed by atoms with Crippen molar-refractivity contribution >= 4 is 39.7 Å². The van der Waals surface area contributed by atoms with Crippen molar-refractivity contribution in [3.63, 3.8) is 0 Å². The van der Waals surface area contributed by atoms with Crippen LogP contribution in [-0.4, -0.2) is 21.5 Å². The summed E-state index contributed by atoms with van der Waals surface area (Å²) in [6.45, 7) is 2.07. The summed E-state index contributed by atoms with van der Waals surface area (Å²) < 4.78 is 0. The van der Waals surface area contributed by atoms with E-state index in [1.54, 1.807) is 12.4 Å². The van der Waals surface area contributed by atoms with Crippen molar-refractivity contribution in [1.82, 2.24) is 15.0 Å².